The molecule has 0 radical (unpaired) electrons. The second kappa shape index (κ2) is 7.16. The average molecular weight is 287 g/mol. The van der Waals surface area contributed by atoms with Crippen molar-refractivity contribution in [1.29, 1.82) is 0 Å². The van der Waals surface area contributed by atoms with E-state index in [1.54, 1.807) is 7.11 Å². The molecule has 1 aromatic carbocycles. The summed E-state index contributed by atoms with van der Waals surface area (Å²) in [5.74, 6) is 2.48. The van der Waals surface area contributed by atoms with Crippen molar-refractivity contribution in [2.24, 2.45) is 5.92 Å². The normalized spacial score (nSPS) is 10.9. The van der Waals surface area contributed by atoms with Crippen LogP contribution in [0.4, 0.5) is 5.95 Å². The summed E-state index contributed by atoms with van der Waals surface area (Å²) in [7, 11) is 1.69. The maximum Gasteiger partial charge on any atom is 0.203 e. The standard InChI is InChI=1S/C17H25N3O/c1-13(2)11-18-17-19-14(3)12-20(17)10-9-15-5-7-16(21-4)8-6-15/h5-8,12-13H,9-11H2,1-4H3,(H,18,19). The molecule has 0 saturated carbocycles. The van der Waals surface area contributed by atoms with E-state index in [4.69, 9.17) is 4.74 Å². The van der Waals surface area contributed by atoms with Gasteiger partial charge in [0.05, 0.1) is 12.8 Å². The van der Waals surface area contributed by atoms with Crippen LogP contribution in [-0.4, -0.2) is 23.2 Å². The van der Waals surface area contributed by atoms with E-state index >= 15 is 0 Å². The Morgan fingerprint density at radius 1 is 1.24 bits per heavy atom. The summed E-state index contributed by atoms with van der Waals surface area (Å²) in [6.07, 6.45) is 3.09. The van der Waals surface area contributed by atoms with Crippen LogP contribution in [0, 0.1) is 12.8 Å². The van der Waals surface area contributed by atoms with Gasteiger partial charge >= 0.3 is 0 Å². The van der Waals surface area contributed by atoms with E-state index in [0.29, 0.717) is 5.92 Å². The lowest BCUT2D eigenvalue weighted by molar-refractivity contribution is 0.414. The van der Waals surface area contributed by atoms with Crippen molar-refractivity contribution in [2.75, 3.05) is 19.0 Å². The first-order chi connectivity index (χ1) is 10.1. The molecular formula is C17H25N3O. The fourth-order valence-corrected chi connectivity index (χ4v) is 2.20. The van der Waals surface area contributed by atoms with Gasteiger partial charge in [-0.1, -0.05) is 26.0 Å². The molecule has 1 heterocycles. The van der Waals surface area contributed by atoms with Crippen LogP contribution in [0.15, 0.2) is 30.5 Å². The smallest absolute Gasteiger partial charge is 0.203 e. The second-order valence-corrected chi connectivity index (χ2v) is 5.77. The van der Waals surface area contributed by atoms with Gasteiger partial charge in [-0.2, -0.15) is 0 Å². The van der Waals surface area contributed by atoms with E-state index in [2.05, 4.69) is 47.0 Å². The Kier molecular flexibility index (Phi) is 5.26. The third-order valence-corrected chi connectivity index (χ3v) is 3.37. The van der Waals surface area contributed by atoms with Gasteiger partial charge in [-0.3, -0.25) is 0 Å². The Labute approximate surface area is 127 Å². The van der Waals surface area contributed by atoms with Crippen LogP contribution in [0.1, 0.15) is 25.1 Å². The summed E-state index contributed by atoms with van der Waals surface area (Å²) in [5.41, 5.74) is 2.35. The van der Waals surface area contributed by atoms with Crippen LogP contribution in [0.5, 0.6) is 5.75 Å². The van der Waals surface area contributed by atoms with Crippen LogP contribution in [0.25, 0.3) is 0 Å². The molecule has 0 fully saturated rings. The van der Waals surface area contributed by atoms with E-state index in [-0.39, 0.29) is 0 Å². The van der Waals surface area contributed by atoms with Gasteiger partial charge in [-0.25, -0.2) is 4.98 Å². The molecule has 0 spiro atoms. The number of methoxy groups -OCH3 is 1. The zero-order valence-corrected chi connectivity index (χ0v) is 13.4. The number of nitrogens with one attached hydrogen (secondary N) is 1. The number of rotatable bonds is 7. The Morgan fingerprint density at radius 2 is 1.95 bits per heavy atom. The molecule has 0 aliphatic carbocycles. The Balaban J connectivity index is 1.98. The predicted octanol–water partition coefficient (Wildman–Crippen LogP) is 3.51. The molecule has 2 rings (SSSR count). The first kappa shape index (κ1) is 15.4. The number of hydrogen-bond acceptors (Lipinski definition) is 3. The average Bonchev–Trinajstić information content (AvgIpc) is 2.83. The van der Waals surface area contributed by atoms with Gasteiger partial charge in [0.25, 0.3) is 0 Å². The van der Waals surface area contributed by atoms with E-state index < -0.39 is 0 Å². The molecule has 21 heavy (non-hydrogen) atoms. The van der Waals surface area contributed by atoms with E-state index in [1.165, 1.54) is 5.56 Å². The molecule has 0 bridgehead atoms. The molecule has 4 heteroatoms. The van der Waals surface area contributed by atoms with Crippen molar-refractivity contribution in [3.63, 3.8) is 0 Å². The zero-order valence-electron chi connectivity index (χ0n) is 13.4. The lowest BCUT2D eigenvalue weighted by atomic mass is 10.1. The highest BCUT2D eigenvalue weighted by Gasteiger charge is 2.06. The number of imidazole rings is 1. The van der Waals surface area contributed by atoms with Crippen molar-refractivity contribution >= 4 is 5.95 Å². The SMILES string of the molecule is COc1ccc(CCn2cc(C)nc2NCC(C)C)cc1. The van der Waals surface area contributed by atoms with Crippen LogP contribution in [-0.2, 0) is 13.0 Å². The molecule has 0 atom stereocenters. The summed E-state index contributed by atoms with van der Waals surface area (Å²) in [6.45, 7) is 8.30. The number of hydrogen-bond donors (Lipinski definition) is 1. The number of ether oxygens (including phenoxy) is 1. The molecule has 4 nitrogen and oxygen atoms in total. The van der Waals surface area contributed by atoms with E-state index in [9.17, 15) is 0 Å². The summed E-state index contributed by atoms with van der Waals surface area (Å²) in [4.78, 5) is 4.55. The van der Waals surface area contributed by atoms with Gasteiger partial charge in [0.15, 0.2) is 0 Å². The Bertz CT molecular complexity index is 558. The van der Waals surface area contributed by atoms with Crippen molar-refractivity contribution < 1.29 is 4.74 Å². The minimum absolute atomic E-state index is 0.608. The second-order valence-electron chi connectivity index (χ2n) is 5.77. The lowest BCUT2D eigenvalue weighted by Crippen LogP contribution is -2.13. The quantitative estimate of drug-likeness (QED) is 0.847. The molecular weight excluding hydrogens is 262 g/mol. The number of anilines is 1. The first-order valence-electron chi connectivity index (χ1n) is 7.49. The highest BCUT2D eigenvalue weighted by atomic mass is 16.5. The van der Waals surface area contributed by atoms with Gasteiger partial charge < -0.3 is 14.6 Å². The maximum atomic E-state index is 5.18. The van der Waals surface area contributed by atoms with E-state index in [1.807, 2.05) is 19.1 Å². The molecule has 114 valence electrons. The first-order valence-corrected chi connectivity index (χ1v) is 7.49. The topological polar surface area (TPSA) is 39.1 Å². The molecule has 0 unspecified atom stereocenters. The molecule has 2 aromatic rings. The van der Waals surface area contributed by atoms with Crippen molar-refractivity contribution in [3.8, 4) is 5.75 Å². The van der Waals surface area contributed by atoms with Gasteiger partial charge in [0.1, 0.15) is 5.75 Å². The fraction of sp³-hybridized carbons (Fsp3) is 0.471. The summed E-state index contributed by atoms with van der Waals surface area (Å²) < 4.78 is 7.38. The monoisotopic (exact) mass is 287 g/mol. The minimum atomic E-state index is 0.608. The predicted molar refractivity (Wildman–Crippen MR) is 87.0 cm³/mol. The minimum Gasteiger partial charge on any atom is -0.497 e. The highest BCUT2D eigenvalue weighted by molar-refractivity contribution is 5.30. The zero-order chi connectivity index (χ0) is 15.2. The lowest BCUT2D eigenvalue weighted by Gasteiger charge is -2.11. The van der Waals surface area contributed by atoms with Crippen LogP contribution >= 0.6 is 0 Å². The summed E-state index contributed by atoms with van der Waals surface area (Å²) in [6, 6.07) is 8.24. The van der Waals surface area contributed by atoms with Crippen molar-refractivity contribution in [2.45, 2.75) is 33.7 Å². The Morgan fingerprint density at radius 3 is 2.57 bits per heavy atom. The third kappa shape index (κ3) is 4.52. The van der Waals surface area contributed by atoms with Crippen LogP contribution in [0.3, 0.4) is 0 Å². The molecule has 1 aromatic heterocycles. The van der Waals surface area contributed by atoms with Crippen molar-refractivity contribution in [1.82, 2.24) is 9.55 Å². The highest BCUT2D eigenvalue weighted by Crippen LogP contribution is 2.14. The van der Waals surface area contributed by atoms with Gasteiger partial charge in [-0.15, -0.1) is 0 Å². The van der Waals surface area contributed by atoms with Gasteiger partial charge in [-0.05, 0) is 37.0 Å². The molecule has 0 saturated heterocycles. The molecule has 0 amide bonds. The summed E-state index contributed by atoms with van der Waals surface area (Å²) in [5, 5.41) is 3.42. The van der Waals surface area contributed by atoms with Gasteiger partial charge in [0.2, 0.25) is 5.95 Å². The third-order valence-electron chi connectivity index (χ3n) is 3.37. The molecule has 1 N–H and O–H groups in total. The van der Waals surface area contributed by atoms with E-state index in [0.717, 1.165) is 36.9 Å². The number of aryl methyl sites for hydroxylation is 3. The summed E-state index contributed by atoms with van der Waals surface area (Å²) >= 11 is 0. The molecule has 0 aliphatic rings. The Hall–Kier alpha value is -1.97. The largest absolute Gasteiger partial charge is 0.497 e. The van der Waals surface area contributed by atoms with Crippen LogP contribution in [0.2, 0.25) is 0 Å². The molecule has 0 aliphatic heterocycles. The maximum absolute atomic E-state index is 5.18. The van der Waals surface area contributed by atoms with Crippen molar-refractivity contribution in [3.05, 3.63) is 41.7 Å². The number of aromatic nitrogens is 2. The number of nitrogens with zero attached hydrogens (tertiary/aromatic N) is 2. The fourth-order valence-electron chi connectivity index (χ4n) is 2.20. The number of benzene rings is 1. The van der Waals surface area contributed by atoms with Crippen LogP contribution < -0.4 is 10.1 Å². The van der Waals surface area contributed by atoms with Gasteiger partial charge in [0, 0.05) is 19.3 Å².